The van der Waals surface area contributed by atoms with Crippen LogP contribution in [-0.4, -0.2) is 34.7 Å². The second-order valence-corrected chi connectivity index (χ2v) is 7.13. The maximum Gasteiger partial charge on any atom is 0.240 e. The fraction of sp³-hybridized carbons (Fsp3) is 0.600. The number of ether oxygens (including phenoxy) is 1. The van der Waals surface area contributed by atoms with Crippen LogP contribution in [0.2, 0.25) is 0 Å². The van der Waals surface area contributed by atoms with Crippen molar-refractivity contribution in [3.05, 3.63) is 24.3 Å². The minimum atomic E-state index is -3.44. The van der Waals surface area contributed by atoms with E-state index < -0.39 is 10.0 Å². The zero-order valence-corrected chi connectivity index (χ0v) is 13.3. The summed E-state index contributed by atoms with van der Waals surface area (Å²) in [6.45, 7) is 4.44. The molecule has 118 valence electrons. The van der Waals surface area contributed by atoms with E-state index in [4.69, 9.17) is 4.74 Å². The van der Waals surface area contributed by atoms with E-state index in [1.165, 1.54) is 12.8 Å². The molecule has 0 radical (unpaired) electrons. The maximum absolute atomic E-state index is 12.1. The SMILES string of the molecule is CCCNc1ccc(S(=O)(=O)NCCOCC2CC2)cc1. The van der Waals surface area contributed by atoms with E-state index in [-0.39, 0.29) is 4.90 Å². The first kappa shape index (κ1) is 16.3. The molecule has 0 aliphatic heterocycles. The summed E-state index contributed by atoms with van der Waals surface area (Å²) in [5, 5.41) is 3.21. The minimum Gasteiger partial charge on any atom is -0.385 e. The molecule has 0 atom stereocenters. The van der Waals surface area contributed by atoms with Gasteiger partial charge >= 0.3 is 0 Å². The molecule has 0 aromatic heterocycles. The van der Waals surface area contributed by atoms with Crippen molar-refractivity contribution < 1.29 is 13.2 Å². The molecular formula is C15H24N2O3S. The van der Waals surface area contributed by atoms with E-state index in [0.29, 0.717) is 19.1 Å². The standard InChI is InChI=1S/C15H24N2O3S/c1-2-9-16-14-5-7-15(8-6-14)21(18,19)17-10-11-20-12-13-3-4-13/h5-8,13,16-17H,2-4,9-12H2,1H3. The van der Waals surface area contributed by atoms with Crippen LogP contribution in [0, 0.1) is 5.92 Å². The van der Waals surface area contributed by atoms with Gasteiger partial charge in [-0.15, -0.1) is 0 Å². The van der Waals surface area contributed by atoms with E-state index in [1.807, 2.05) is 0 Å². The number of benzene rings is 1. The van der Waals surface area contributed by atoms with Gasteiger partial charge in [0.1, 0.15) is 0 Å². The number of rotatable bonds is 10. The molecule has 2 rings (SSSR count). The molecule has 1 aliphatic rings. The zero-order valence-electron chi connectivity index (χ0n) is 12.5. The predicted octanol–water partition coefficient (Wildman–Crippen LogP) is 2.21. The molecule has 0 unspecified atom stereocenters. The smallest absolute Gasteiger partial charge is 0.240 e. The Morgan fingerprint density at radius 2 is 1.90 bits per heavy atom. The number of hydrogen-bond donors (Lipinski definition) is 2. The monoisotopic (exact) mass is 312 g/mol. The molecule has 0 amide bonds. The van der Waals surface area contributed by atoms with Crippen LogP contribution in [0.5, 0.6) is 0 Å². The third kappa shape index (κ3) is 5.65. The zero-order chi connectivity index (χ0) is 15.1. The molecule has 6 heteroatoms. The van der Waals surface area contributed by atoms with Gasteiger partial charge in [0.15, 0.2) is 0 Å². The van der Waals surface area contributed by atoms with Gasteiger partial charge < -0.3 is 10.1 Å². The summed E-state index contributed by atoms with van der Waals surface area (Å²) in [4.78, 5) is 0.284. The lowest BCUT2D eigenvalue weighted by Crippen LogP contribution is -2.27. The first-order chi connectivity index (χ1) is 10.1. The number of anilines is 1. The van der Waals surface area contributed by atoms with Crippen molar-refractivity contribution in [2.45, 2.75) is 31.1 Å². The van der Waals surface area contributed by atoms with Gasteiger partial charge in [-0.3, -0.25) is 0 Å². The fourth-order valence-corrected chi connectivity index (χ4v) is 2.90. The van der Waals surface area contributed by atoms with Crippen molar-refractivity contribution in [1.29, 1.82) is 0 Å². The molecule has 21 heavy (non-hydrogen) atoms. The molecule has 5 nitrogen and oxygen atoms in total. The Labute approximate surface area is 127 Å². The quantitative estimate of drug-likeness (QED) is 0.650. The molecule has 1 aliphatic carbocycles. The number of hydrogen-bond acceptors (Lipinski definition) is 4. The molecule has 1 saturated carbocycles. The Kier molecular flexibility index (Phi) is 6.02. The Morgan fingerprint density at radius 1 is 1.19 bits per heavy atom. The van der Waals surface area contributed by atoms with Gasteiger partial charge in [-0.1, -0.05) is 6.92 Å². The number of nitrogens with one attached hydrogen (secondary N) is 2. The van der Waals surface area contributed by atoms with Gasteiger partial charge in [0.25, 0.3) is 0 Å². The van der Waals surface area contributed by atoms with Gasteiger partial charge in [-0.05, 0) is 49.4 Å². The first-order valence-corrected chi connectivity index (χ1v) is 9.01. The van der Waals surface area contributed by atoms with Gasteiger partial charge in [0, 0.05) is 25.4 Å². The summed E-state index contributed by atoms with van der Waals surface area (Å²) in [5.74, 6) is 0.699. The third-order valence-corrected chi connectivity index (χ3v) is 4.81. The Balaban J connectivity index is 1.77. The molecular weight excluding hydrogens is 288 g/mol. The van der Waals surface area contributed by atoms with Gasteiger partial charge in [-0.2, -0.15) is 0 Å². The second-order valence-electron chi connectivity index (χ2n) is 5.37. The van der Waals surface area contributed by atoms with E-state index >= 15 is 0 Å². The minimum absolute atomic E-state index is 0.284. The van der Waals surface area contributed by atoms with E-state index in [2.05, 4.69) is 17.0 Å². The van der Waals surface area contributed by atoms with Crippen molar-refractivity contribution in [3.8, 4) is 0 Å². The number of sulfonamides is 1. The normalized spacial score (nSPS) is 15.1. The molecule has 1 fully saturated rings. The second kappa shape index (κ2) is 7.77. The average molecular weight is 312 g/mol. The maximum atomic E-state index is 12.1. The highest BCUT2D eigenvalue weighted by atomic mass is 32.2. The molecule has 0 bridgehead atoms. The van der Waals surface area contributed by atoms with Crippen LogP contribution in [0.25, 0.3) is 0 Å². The molecule has 0 spiro atoms. The van der Waals surface area contributed by atoms with E-state index in [0.717, 1.165) is 25.3 Å². The fourth-order valence-electron chi connectivity index (χ4n) is 1.89. The van der Waals surface area contributed by atoms with E-state index in [9.17, 15) is 8.42 Å². The molecule has 0 saturated heterocycles. The summed E-state index contributed by atoms with van der Waals surface area (Å²) in [6.07, 6.45) is 3.51. The van der Waals surface area contributed by atoms with Crippen LogP contribution in [0.4, 0.5) is 5.69 Å². The van der Waals surface area contributed by atoms with Gasteiger partial charge in [0.2, 0.25) is 10.0 Å². The first-order valence-electron chi connectivity index (χ1n) is 7.53. The van der Waals surface area contributed by atoms with Crippen LogP contribution < -0.4 is 10.0 Å². The van der Waals surface area contributed by atoms with Crippen molar-refractivity contribution in [3.63, 3.8) is 0 Å². The predicted molar refractivity (Wildman–Crippen MR) is 84.0 cm³/mol. The highest BCUT2D eigenvalue weighted by Crippen LogP contribution is 2.28. The van der Waals surface area contributed by atoms with Crippen molar-refractivity contribution in [2.75, 3.05) is 31.6 Å². The van der Waals surface area contributed by atoms with Crippen LogP contribution >= 0.6 is 0 Å². The molecule has 2 N–H and O–H groups in total. The third-order valence-electron chi connectivity index (χ3n) is 3.33. The lowest BCUT2D eigenvalue weighted by Gasteiger charge is -2.09. The van der Waals surface area contributed by atoms with Crippen molar-refractivity contribution in [2.24, 2.45) is 5.92 Å². The summed E-state index contributed by atoms with van der Waals surface area (Å²) < 4.78 is 32.1. The van der Waals surface area contributed by atoms with E-state index in [1.54, 1.807) is 24.3 Å². The molecule has 0 heterocycles. The Morgan fingerprint density at radius 3 is 2.52 bits per heavy atom. The molecule has 1 aromatic carbocycles. The summed E-state index contributed by atoms with van der Waals surface area (Å²) in [5.41, 5.74) is 0.934. The summed E-state index contributed by atoms with van der Waals surface area (Å²) in [6, 6.07) is 6.80. The van der Waals surface area contributed by atoms with Crippen LogP contribution in [-0.2, 0) is 14.8 Å². The lowest BCUT2D eigenvalue weighted by atomic mass is 10.3. The Bertz CT molecular complexity index is 524. The van der Waals surface area contributed by atoms with Gasteiger partial charge in [-0.25, -0.2) is 13.1 Å². The van der Waals surface area contributed by atoms with Crippen LogP contribution in [0.3, 0.4) is 0 Å². The van der Waals surface area contributed by atoms with Crippen molar-refractivity contribution in [1.82, 2.24) is 4.72 Å². The van der Waals surface area contributed by atoms with Crippen LogP contribution in [0.1, 0.15) is 26.2 Å². The van der Waals surface area contributed by atoms with Gasteiger partial charge in [0.05, 0.1) is 11.5 Å². The summed E-state index contributed by atoms with van der Waals surface area (Å²) in [7, 11) is -3.44. The lowest BCUT2D eigenvalue weighted by molar-refractivity contribution is 0.129. The van der Waals surface area contributed by atoms with Crippen molar-refractivity contribution >= 4 is 15.7 Å². The van der Waals surface area contributed by atoms with Crippen LogP contribution in [0.15, 0.2) is 29.2 Å². The largest absolute Gasteiger partial charge is 0.385 e. The highest BCUT2D eigenvalue weighted by molar-refractivity contribution is 7.89. The molecule has 1 aromatic rings. The Hall–Kier alpha value is -1.11. The highest BCUT2D eigenvalue weighted by Gasteiger charge is 2.21. The topological polar surface area (TPSA) is 67.4 Å². The average Bonchev–Trinajstić information content (AvgIpc) is 3.29. The summed E-state index contributed by atoms with van der Waals surface area (Å²) >= 11 is 0.